The Hall–Kier alpha value is -2.06. The van der Waals surface area contributed by atoms with Crippen molar-refractivity contribution in [2.45, 2.75) is 13.0 Å². The summed E-state index contributed by atoms with van der Waals surface area (Å²) in [5.41, 5.74) is -0.864. The molecule has 0 fully saturated rings. The van der Waals surface area contributed by atoms with E-state index >= 15 is 0 Å². The van der Waals surface area contributed by atoms with Crippen LogP contribution in [0.25, 0.3) is 0 Å². The van der Waals surface area contributed by atoms with Crippen molar-refractivity contribution < 1.29 is 41.3 Å². The van der Waals surface area contributed by atoms with Crippen molar-refractivity contribution in [2.24, 2.45) is 0 Å². The van der Waals surface area contributed by atoms with Gasteiger partial charge in [-0.3, -0.25) is 0 Å². The summed E-state index contributed by atoms with van der Waals surface area (Å²) in [4.78, 5) is 10.7. The Morgan fingerprint density at radius 1 is 1.28 bits per heavy atom. The lowest BCUT2D eigenvalue weighted by molar-refractivity contribution is -0.275. The topological polar surface area (TPSA) is 55.8 Å². The van der Waals surface area contributed by atoms with E-state index in [1.54, 1.807) is 0 Å². The molecule has 0 bridgehead atoms. The van der Waals surface area contributed by atoms with E-state index in [9.17, 15) is 26.7 Å². The first-order valence-electron chi connectivity index (χ1n) is 4.27. The molecule has 0 unspecified atom stereocenters. The standard InChI is InChI=1S/C9H5F5O4/c10-8(11)17-6-4(7(15)16)2-1-3-5(6)18-9(12,13)14/h1-3,8H,(H,15,16). The summed E-state index contributed by atoms with van der Waals surface area (Å²) in [5, 5.41) is 8.64. The van der Waals surface area contributed by atoms with Gasteiger partial charge >= 0.3 is 18.9 Å². The molecule has 0 amide bonds. The lowest BCUT2D eigenvalue weighted by atomic mass is 10.2. The van der Waals surface area contributed by atoms with Crippen molar-refractivity contribution >= 4 is 5.97 Å². The van der Waals surface area contributed by atoms with E-state index in [4.69, 9.17) is 5.11 Å². The van der Waals surface area contributed by atoms with Crippen molar-refractivity contribution in [3.63, 3.8) is 0 Å². The fourth-order valence-corrected chi connectivity index (χ4v) is 1.10. The van der Waals surface area contributed by atoms with Crippen LogP contribution in [-0.2, 0) is 0 Å². The second-order valence-electron chi connectivity index (χ2n) is 2.86. The second-order valence-corrected chi connectivity index (χ2v) is 2.86. The summed E-state index contributed by atoms with van der Waals surface area (Å²) >= 11 is 0. The number of hydrogen-bond donors (Lipinski definition) is 1. The molecule has 0 saturated heterocycles. The van der Waals surface area contributed by atoms with E-state index in [0.717, 1.165) is 12.1 Å². The number of carboxylic acid groups (broad SMARTS) is 1. The van der Waals surface area contributed by atoms with Crippen LogP contribution in [0.15, 0.2) is 18.2 Å². The van der Waals surface area contributed by atoms with Crippen LogP contribution >= 0.6 is 0 Å². The van der Waals surface area contributed by atoms with Crippen LogP contribution in [-0.4, -0.2) is 24.0 Å². The maximum atomic E-state index is 12.0. The lowest BCUT2D eigenvalue weighted by Crippen LogP contribution is -2.19. The molecule has 1 aromatic carbocycles. The Bertz CT molecular complexity index is 443. The van der Waals surface area contributed by atoms with Gasteiger partial charge < -0.3 is 14.6 Å². The quantitative estimate of drug-likeness (QED) is 0.856. The van der Waals surface area contributed by atoms with E-state index in [2.05, 4.69) is 9.47 Å². The Balaban J connectivity index is 3.23. The van der Waals surface area contributed by atoms with E-state index in [1.807, 2.05) is 0 Å². The molecule has 0 aromatic heterocycles. The molecule has 1 rings (SSSR count). The van der Waals surface area contributed by atoms with Crippen molar-refractivity contribution in [1.82, 2.24) is 0 Å². The molecule has 0 atom stereocenters. The smallest absolute Gasteiger partial charge is 0.478 e. The zero-order chi connectivity index (χ0) is 13.9. The maximum absolute atomic E-state index is 12.0. The molecule has 0 aliphatic heterocycles. The highest BCUT2D eigenvalue weighted by molar-refractivity contribution is 5.92. The first-order chi connectivity index (χ1) is 8.20. The van der Waals surface area contributed by atoms with Crippen molar-refractivity contribution in [3.05, 3.63) is 23.8 Å². The van der Waals surface area contributed by atoms with Crippen LogP contribution in [0.1, 0.15) is 10.4 Å². The van der Waals surface area contributed by atoms with Gasteiger partial charge in [0.1, 0.15) is 5.56 Å². The molecular weight excluding hydrogens is 267 g/mol. The molecule has 1 N–H and O–H groups in total. The van der Waals surface area contributed by atoms with Gasteiger partial charge in [0.15, 0.2) is 11.5 Å². The van der Waals surface area contributed by atoms with Gasteiger partial charge in [0.25, 0.3) is 0 Å². The highest BCUT2D eigenvalue weighted by Gasteiger charge is 2.34. The fraction of sp³-hybridized carbons (Fsp3) is 0.222. The van der Waals surface area contributed by atoms with Crippen LogP contribution < -0.4 is 9.47 Å². The molecule has 4 nitrogen and oxygen atoms in total. The molecule has 100 valence electrons. The summed E-state index contributed by atoms with van der Waals surface area (Å²) < 4.78 is 67.1. The summed E-state index contributed by atoms with van der Waals surface area (Å²) in [6.45, 7) is -3.49. The SMILES string of the molecule is O=C(O)c1cccc(OC(F)(F)F)c1OC(F)F. The number of carbonyl (C=O) groups is 1. The third-order valence-corrected chi connectivity index (χ3v) is 1.64. The predicted molar refractivity (Wildman–Crippen MR) is 46.7 cm³/mol. The summed E-state index contributed by atoms with van der Waals surface area (Å²) in [7, 11) is 0. The number of halogens is 5. The number of ether oxygens (including phenoxy) is 2. The number of rotatable bonds is 4. The highest BCUT2D eigenvalue weighted by atomic mass is 19.4. The van der Waals surface area contributed by atoms with Crippen LogP contribution in [0.2, 0.25) is 0 Å². The Kier molecular flexibility index (Phi) is 3.94. The summed E-state index contributed by atoms with van der Waals surface area (Å²) in [5.74, 6) is -4.06. The van der Waals surface area contributed by atoms with E-state index < -0.39 is 36.0 Å². The maximum Gasteiger partial charge on any atom is 0.573 e. The van der Waals surface area contributed by atoms with Crippen LogP contribution in [0.5, 0.6) is 11.5 Å². The zero-order valence-corrected chi connectivity index (χ0v) is 8.37. The average Bonchev–Trinajstić information content (AvgIpc) is 2.17. The highest BCUT2D eigenvalue weighted by Crippen LogP contribution is 2.36. The minimum absolute atomic E-state index is 0.664. The number of aromatic carboxylic acids is 1. The Morgan fingerprint density at radius 2 is 1.89 bits per heavy atom. The van der Waals surface area contributed by atoms with E-state index in [1.165, 1.54) is 0 Å². The van der Waals surface area contributed by atoms with Crippen LogP contribution in [0, 0.1) is 0 Å². The monoisotopic (exact) mass is 272 g/mol. The second kappa shape index (κ2) is 5.07. The predicted octanol–water partition coefficient (Wildman–Crippen LogP) is 2.88. The fourth-order valence-electron chi connectivity index (χ4n) is 1.10. The number of benzene rings is 1. The van der Waals surface area contributed by atoms with E-state index in [-0.39, 0.29) is 0 Å². The van der Waals surface area contributed by atoms with Crippen molar-refractivity contribution in [1.29, 1.82) is 0 Å². The average molecular weight is 272 g/mol. The van der Waals surface area contributed by atoms with Gasteiger partial charge in [0.05, 0.1) is 0 Å². The minimum Gasteiger partial charge on any atom is -0.478 e. The van der Waals surface area contributed by atoms with Gasteiger partial charge in [-0.05, 0) is 12.1 Å². The number of carboxylic acids is 1. The molecule has 0 radical (unpaired) electrons. The molecule has 9 heteroatoms. The van der Waals surface area contributed by atoms with Crippen LogP contribution in [0.4, 0.5) is 22.0 Å². The Morgan fingerprint density at radius 3 is 2.33 bits per heavy atom. The zero-order valence-electron chi connectivity index (χ0n) is 8.37. The normalized spacial score (nSPS) is 11.4. The van der Waals surface area contributed by atoms with Gasteiger partial charge in [-0.15, -0.1) is 13.2 Å². The van der Waals surface area contributed by atoms with Gasteiger partial charge in [-0.1, -0.05) is 6.07 Å². The minimum atomic E-state index is -5.16. The van der Waals surface area contributed by atoms with E-state index in [0.29, 0.717) is 6.07 Å². The van der Waals surface area contributed by atoms with Gasteiger partial charge in [0.2, 0.25) is 0 Å². The number of para-hydroxylation sites is 1. The molecule has 0 aliphatic carbocycles. The molecule has 18 heavy (non-hydrogen) atoms. The molecular formula is C9H5F5O4. The van der Waals surface area contributed by atoms with Crippen molar-refractivity contribution in [2.75, 3.05) is 0 Å². The van der Waals surface area contributed by atoms with Crippen LogP contribution in [0.3, 0.4) is 0 Å². The molecule has 0 heterocycles. The Labute approximate surface area is 96.5 Å². The molecule has 0 aliphatic rings. The molecule has 1 aromatic rings. The first-order valence-corrected chi connectivity index (χ1v) is 4.27. The molecule has 0 spiro atoms. The van der Waals surface area contributed by atoms with Gasteiger partial charge in [-0.25, -0.2) is 4.79 Å². The van der Waals surface area contributed by atoms with Crippen molar-refractivity contribution in [3.8, 4) is 11.5 Å². The largest absolute Gasteiger partial charge is 0.573 e. The number of alkyl halides is 5. The third-order valence-electron chi connectivity index (χ3n) is 1.64. The summed E-state index contributed by atoms with van der Waals surface area (Å²) in [6, 6.07) is 2.38. The lowest BCUT2D eigenvalue weighted by Gasteiger charge is -2.15. The third kappa shape index (κ3) is 3.75. The first kappa shape index (κ1) is 14.0. The molecule has 0 saturated carbocycles. The number of hydrogen-bond acceptors (Lipinski definition) is 3. The van der Waals surface area contributed by atoms with Gasteiger partial charge in [-0.2, -0.15) is 8.78 Å². The summed E-state index contributed by atoms with van der Waals surface area (Å²) in [6.07, 6.45) is -5.16. The van der Waals surface area contributed by atoms with Gasteiger partial charge in [0, 0.05) is 0 Å².